The third kappa shape index (κ3) is 3.32. The van der Waals surface area contributed by atoms with Gasteiger partial charge in [-0.05, 0) is 25.3 Å². The summed E-state index contributed by atoms with van der Waals surface area (Å²) in [5.74, 6) is 0.790. The van der Waals surface area contributed by atoms with Gasteiger partial charge in [-0.15, -0.1) is 11.6 Å². The summed E-state index contributed by atoms with van der Waals surface area (Å²) in [4.78, 5) is 2.51. The van der Waals surface area contributed by atoms with Gasteiger partial charge in [-0.1, -0.05) is 20.3 Å². The molecule has 1 fully saturated rings. The average molecular weight is 190 g/mol. The van der Waals surface area contributed by atoms with E-state index in [0.29, 0.717) is 5.38 Å². The van der Waals surface area contributed by atoms with Crippen molar-refractivity contribution in [2.45, 2.75) is 38.5 Å². The molecule has 2 heteroatoms. The number of unbranched alkanes of at least 4 members (excludes halogenated alkanes) is 1. The normalized spacial score (nSPS) is 32.2. The molecule has 0 unspecified atom stereocenters. The van der Waals surface area contributed by atoms with Crippen LogP contribution in [0.15, 0.2) is 0 Å². The van der Waals surface area contributed by atoms with Crippen molar-refractivity contribution < 1.29 is 0 Å². The van der Waals surface area contributed by atoms with Crippen LogP contribution < -0.4 is 0 Å². The SMILES string of the molecule is CCCCN1C[C@H](C)C[C@H](Cl)C1. The number of halogens is 1. The molecule has 0 N–H and O–H groups in total. The Labute approximate surface area is 81.1 Å². The van der Waals surface area contributed by atoms with Crippen molar-refractivity contribution in [1.82, 2.24) is 4.90 Å². The van der Waals surface area contributed by atoms with E-state index < -0.39 is 0 Å². The number of hydrogen-bond donors (Lipinski definition) is 0. The van der Waals surface area contributed by atoms with Gasteiger partial charge < -0.3 is 4.90 Å². The maximum atomic E-state index is 6.14. The maximum Gasteiger partial charge on any atom is 0.0466 e. The van der Waals surface area contributed by atoms with Crippen LogP contribution in [0.2, 0.25) is 0 Å². The predicted octanol–water partition coefficient (Wildman–Crippen LogP) is 2.74. The number of rotatable bonds is 3. The van der Waals surface area contributed by atoms with Crippen molar-refractivity contribution in [3.63, 3.8) is 0 Å². The molecule has 0 aromatic heterocycles. The van der Waals surface area contributed by atoms with Crippen molar-refractivity contribution in [3.05, 3.63) is 0 Å². The number of hydrogen-bond acceptors (Lipinski definition) is 1. The molecule has 72 valence electrons. The molecule has 0 bridgehead atoms. The molecule has 0 amide bonds. The van der Waals surface area contributed by atoms with Gasteiger partial charge in [0.25, 0.3) is 0 Å². The van der Waals surface area contributed by atoms with E-state index in [1.165, 1.54) is 32.4 Å². The van der Waals surface area contributed by atoms with Crippen LogP contribution in [0, 0.1) is 5.92 Å². The Morgan fingerprint density at radius 2 is 2.17 bits per heavy atom. The second-order valence-electron chi connectivity index (χ2n) is 4.05. The Hall–Kier alpha value is 0.250. The lowest BCUT2D eigenvalue weighted by atomic mass is 10.00. The molecule has 0 aromatic rings. The summed E-state index contributed by atoms with van der Waals surface area (Å²) in [6.07, 6.45) is 3.80. The second-order valence-corrected chi connectivity index (χ2v) is 4.67. The Bertz CT molecular complexity index is 117. The molecule has 1 saturated heterocycles. The average Bonchev–Trinajstić information content (AvgIpc) is 1.99. The molecule has 1 nitrogen and oxygen atoms in total. The standard InChI is InChI=1S/C10H20ClN/c1-3-4-5-12-7-9(2)6-10(11)8-12/h9-10H,3-8H2,1-2H3/t9-,10+/m1/s1. The van der Waals surface area contributed by atoms with Crippen molar-refractivity contribution in [2.24, 2.45) is 5.92 Å². The van der Waals surface area contributed by atoms with E-state index in [1.54, 1.807) is 0 Å². The highest BCUT2D eigenvalue weighted by Gasteiger charge is 2.22. The molecule has 12 heavy (non-hydrogen) atoms. The van der Waals surface area contributed by atoms with Gasteiger partial charge in [0.15, 0.2) is 0 Å². The van der Waals surface area contributed by atoms with Crippen molar-refractivity contribution in [2.75, 3.05) is 19.6 Å². The third-order valence-electron chi connectivity index (χ3n) is 2.51. The lowest BCUT2D eigenvalue weighted by Crippen LogP contribution is -2.40. The lowest BCUT2D eigenvalue weighted by molar-refractivity contribution is 0.185. The zero-order chi connectivity index (χ0) is 8.97. The van der Waals surface area contributed by atoms with Gasteiger partial charge in [-0.25, -0.2) is 0 Å². The minimum absolute atomic E-state index is 0.394. The first-order valence-electron chi connectivity index (χ1n) is 5.08. The van der Waals surface area contributed by atoms with Crippen LogP contribution in [0.25, 0.3) is 0 Å². The largest absolute Gasteiger partial charge is 0.302 e. The fraction of sp³-hybridized carbons (Fsp3) is 1.00. The van der Waals surface area contributed by atoms with E-state index >= 15 is 0 Å². The van der Waals surface area contributed by atoms with Gasteiger partial charge in [-0.3, -0.25) is 0 Å². The van der Waals surface area contributed by atoms with E-state index in [9.17, 15) is 0 Å². The molecule has 2 atom stereocenters. The quantitative estimate of drug-likeness (QED) is 0.618. The molecule has 0 radical (unpaired) electrons. The molecule has 0 aromatic carbocycles. The van der Waals surface area contributed by atoms with Crippen molar-refractivity contribution >= 4 is 11.6 Å². The smallest absolute Gasteiger partial charge is 0.0466 e. The van der Waals surface area contributed by atoms with E-state index in [0.717, 1.165) is 12.5 Å². The molecule has 0 saturated carbocycles. The summed E-state index contributed by atoms with van der Waals surface area (Å²) in [5.41, 5.74) is 0. The van der Waals surface area contributed by atoms with Crippen LogP contribution in [-0.4, -0.2) is 29.9 Å². The Balaban J connectivity index is 2.24. The number of piperidine rings is 1. The Kier molecular flexibility index (Phi) is 4.38. The monoisotopic (exact) mass is 189 g/mol. The van der Waals surface area contributed by atoms with Gasteiger partial charge >= 0.3 is 0 Å². The highest BCUT2D eigenvalue weighted by molar-refractivity contribution is 6.20. The summed E-state index contributed by atoms with van der Waals surface area (Å²) in [6.45, 7) is 8.14. The van der Waals surface area contributed by atoms with Gasteiger partial charge in [0.05, 0.1) is 0 Å². The number of alkyl halides is 1. The molecule has 1 heterocycles. The van der Waals surface area contributed by atoms with Crippen LogP contribution in [-0.2, 0) is 0 Å². The molecule has 1 aliphatic rings. The predicted molar refractivity (Wildman–Crippen MR) is 54.8 cm³/mol. The zero-order valence-electron chi connectivity index (χ0n) is 8.22. The van der Waals surface area contributed by atoms with Crippen LogP contribution in [0.4, 0.5) is 0 Å². The minimum Gasteiger partial charge on any atom is -0.302 e. The molecule has 0 aliphatic carbocycles. The first-order valence-corrected chi connectivity index (χ1v) is 5.52. The molecular formula is C10H20ClN. The lowest BCUT2D eigenvalue weighted by Gasteiger charge is -2.33. The molecule has 1 rings (SSSR count). The summed E-state index contributed by atoms with van der Waals surface area (Å²) < 4.78 is 0. The Morgan fingerprint density at radius 3 is 2.75 bits per heavy atom. The van der Waals surface area contributed by atoms with E-state index in [4.69, 9.17) is 11.6 Å². The van der Waals surface area contributed by atoms with Crippen LogP contribution >= 0.6 is 11.6 Å². The minimum atomic E-state index is 0.394. The Morgan fingerprint density at radius 1 is 1.42 bits per heavy atom. The first-order chi connectivity index (χ1) is 5.72. The topological polar surface area (TPSA) is 3.24 Å². The van der Waals surface area contributed by atoms with E-state index in [2.05, 4.69) is 18.7 Å². The third-order valence-corrected chi connectivity index (χ3v) is 2.83. The van der Waals surface area contributed by atoms with Crippen LogP contribution in [0.1, 0.15) is 33.1 Å². The molecular weight excluding hydrogens is 170 g/mol. The summed E-state index contributed by atoms with van der Waals surface area (Å²) >= 11 is 6.14. The van der Waals surface area contributed by atoms with E-state index in [1.807, 2.05) is 0 Å². The summed E-state index contributed by atoms with van der Waals surface area (Å²) in [6, 6.07) is 0. The fourth-order valence-electron chi connectivity index (χ4n) is 1.95. The molecule has 1 aliphatic heterocycles. The fourth-order valence-corrected chi connectivity index (χ4v) is 2.44. The van der Waals surface area contributed by atoms with Crippen molar-refractivity contribution in [3.8, 4) is 0 Å². The molecule has 0 spiro atoms. The van der Waals surface area contributed by atoms with Crippen LogP contribution in [0.3, 0.4) is 0 Å². The van der Waals surface area contributed by atoms with E-state index in [-0.39, 0.29) is 0 Å². The number of nitrogens with zero attached hydrogens (tertiary/aromatic N) is 1. The zero-order valence-corrected chi connectivity index (χ0v) is 8.98. The van der Waals surface area contributed by atoms with Gasteiger partial charge in [0.1, 0.15) is 0 Å². The maximum absolute atomic E-state index is 6.14. The summed E-state index contributed by atoms with van der Waals surface area (Å²) in [5, 5.41) is 0.394. The first kappa shape index (κ1) is 10.3. The number of likely N-dealkylation sites (tertiary alicyclic amines) is 1. The van der Waals surface area contributed by atoms with Gasteiger partial charge in [0, 0.05) is 18.5 Å². The van der Waals surface area contributed by atoms with Crippen LogP contribution in [0.5, 0.6) is 0 Å². The summed E-state index contributed by atoms with van der Waals surface area (Å²) in [7, 11) is 0. The van der Waals surface area contributed by atoms with Gasteiger partial charge in [0.2, 0.25) is 0 Å². The second kappa shape index (κ2) is 5.08. The highest BCUT2D eigenvalue weighted by Crippen LogP contribution is 2.20. The van der Waals surface area contributed by atoms with Crippen molar-refractivity contribution in [1.29, 1.82) is 0 Å². The van der Waals surface area contributed by atoms with Gasteiger partial charge in [-0.2, -0.15) is 0 Å². The highest BCUT2D eigenvalue weighted by atomic mass is 35.5.